The van der Waals surface area contributed by atoms with E-state index in [4.69, 9.17) is 4.74 Å². The van der Waals surface area contributed by atoms with Crippen molar-refractivity contribution in [2.75, 3.05) is 17.7 Å². The zero-order chi connectivity index (χ0) is 19.2. The number of aryl methyl sites for hydroxylation is 1. The van der Waals surface area contributed by atoms with Crippen LogP contribution in [0.15, 0.2) is 52.9 Å². The Bertz CT molecular complexity index is 929. The molecular weight excluding hydrogens is 380 g/mol. The number of benzene rings is 2. The summed E-state index contributed by atoms with van der Waals surface area (Å²) in [5.41, 5.74) is 2.71. The van der Waals surface area contributed by atoms with E-state index >= 15 is 0 Å². The number of amides is 1. The second-order valence-electron chi connectivity index (χ2n) is 5.82. The Balaban J connectivity index is 1.60. The van der Waals surface area contributed by atoms with Gasteiger partial charge in [0, 0.05) is 5.69 Å². The third-order valence-electron chi connectivity index (χ3n) is 3.69. The smallest absolute Gasteiger partial charge is 0.237 e. The highest BCUT2D eigenvalue weighted by molar-refractivity contribution is 8.02. The zero-order valence-corrected chi connectivity index (χ0v) is 16.9. The number of carbonyl (C=O) groups excluding carboxylic acids is 1. The second-order valence-corrected chi connectivity index (χ2v) is 8.38. The Morgan fingerprint density at radius 2 is 2.00 bits per heavy atom. The van der Waals surface area contributed by atoms with E-state index in [2.05, 4.69) is 20.8 Å². The van der Waals surface area contributed by atoms with Crippen LogP contribution in [0.25, 0.3) is 0 Å². The summed E-state index contributed by atoms with van der Waals surface area (Å²) in [4.78, 5) is 12.4. The van der Waals surface area contributed by atoms with Crippen LogP contribution in [0.5, 0.6) is 5.75 Å². The molecule has 2 N–H and O–H groups in total. The minimum Gasteiger partial charge on any atom is -0.495 e. The van der Waals surface area contributed by atoms with Gasteiger partial charge in [0.25, 0.3) is 0 Å². The molecule has 0 fully saturated rings. The molecule has 0 saturated heterocycles. The number of thioether (sulfide) groups is 1. The number of rotatable bonds is 7. The number of ether oxygens (including phenoxy) is 1. The van der Waals surface area contributed by atoms with Crippen LogP contribution in [0.4, 0.5) is 16.5 Å². The van der Waals surface area contributed by atoms with Crippen LogP contribution in [-0.2, 0) is 4.79 Å². The van der Waals surface area contributed by atoms with E-state index in [0.29, 0.717) is 5.13 Å². The lowest BCUT2D eigenvalue weighted by Crippen LogP contribution is -2.22. The maximum absolute atomic E-state index is 12.4. The molecule has 0 bridgehead atoms. The van der Waals surface area contributed by atoms with Gasteiger partial charge in [-0.3, -0.25) is 4.79 Å². The van der Waals surface area contributed by atoms with E-state index in [-0.39, 0.29) is 11.2 Å². The number of para-hydroxylation sites is 2. The number of nitrogens with zero attached hydrogens (tertiary/aromatic N) is 2. The number of hydrogen-bond donors (Lipinski definition) is 2. The number of aromatic nitrogens is 2. The topological polar surface area (TPSA) is 76.1 Å². The van der Waals surface area contributed by atoms with Gasteiger partial charge in [0.15, 0.2) is 4.34 Å². The lowest BCUT2D eigenvalue weighted by Gasteiger charge is -2.10. The van der Waals surface area contributed by atoms with Gasteiger partial charge in [-0.1, -0.05) is 47.4 Å². The van der Waals surface area contributed by atoms with E-state index in [1.165, 1.54) is 23.1 Å². The predicted molar refractivity (Wildman–Crippen MR) is 111 cm³/mol. The highest BCUT2D eigenvalue weighted by atomic mass is 32.2. The Morgan fingerprint density at radius 3 is 2.78 bits per heavy atom. The molecule has 0 aliphatic heterocycles. The van der Waals surface area contributed by atoms with Crippen molar-refractivity contribution in [1.29, 1.82) is 0 Å². The first-order chi connectivity index (χ1) is 13.0. The molecule has 0 unspecified atom stereocenters. The van der Waals surface area contributed by atoms with Gasteiger partial charge in [-0.05, 0) is 43.7 Å². The molecule has 3 aromatic rings. The molecule has 6 nitrogen and oxygen atoms in total. The standard InChI is InChI=1S/C19H20N4O2S2/c1-12-7-6-8-14(11-12)20-17(24)13(2)26-19-23-22-18(27-19)21-15-9-4-5-10-16(15)25-3/h4-11,13H,1-3H3,(H,20,24)(H,21,22)/t13-/m0/s1. The van der Waals surface area contributed by atoms with Crippen LogP contribution in [0.1, 0.15) is 12.5 Å². The molecule has 1 aromatic heterocycles. The summed E-state index contributed by atoms with van der Waals surface area (Å²) in [6.45, 7) is 3.84. The summed E-state index contributed by atoms with van der Waals surface area (Å²) < 4.78 is 6.04. The van der Waals surface area contributed by atoms with Crippen LogP contribution in [0.2, 0.25) is 0 Å². The summed E-state index contributed by atoms with van der Waals surface area (Å²) in [6.07, 6.45) is 0. The maximum Gasteiger partial charge on any atom is 0.237 e. The highest BCUT2D eigenvalue weighted by Gasteiger charge is 2.18. The van der Waals surface area contributed by atoms with Crippen molar-refractivity contribution in [3.63, 3.8) is 0 Å². The molecule has 1 amide bonds. The van der Waals surface area contributed by atoms with Gasteiger partial charge in [-0.2, -0.15) is 0 Å². The van der Waals surface area contributed by atoms with E-state index in [1.807, 2.05) is 62.4 Å². The Hall–Kier alpha value is -2.58. The van der Waals surface area contributed by atoms with Gasteiger partial charge in [0.05, 0.1) is 18.0 Å². The fraction of sp³-hybridized carbons (Fsp3) is 0.211. The van der Waals surface area contributed by atoms with Crippen LogP contribution in [0, 0.1) is 6.92 Å². The predicted octanol–water partition coefficient (Wildman–Crippen LogP) is 4.72. The van der Waals surface area contributed by atoms with Crippen LogP contribution in [0.3, 0.4) is 0 Å². The Labute approximate surface area is 166 Å². The summed E-state index contributed by atoms with van der Waals surface area (Å²) in [5, 5.41) is 14.8. The van der Waals surface area contributed by atoms with Gasteiger partial charge >= 0.3 is 0 Å². The summed E-state index contributed by atoms with van der Waals surface area (Å²) in [5.74, 6) is 0.660. The lowest BCUT2D eigenvalue weighted by molar-refractivity contribution is -0.115. The maximum atomic E-state index is 12.4. The average molecular weight is 401 g/mol. The van der Waals surface area contributed by atoms with E-state index in [0.717, 1.165) is 27.0 Å². The molecule has 8 heteroatoms. The van der Waals surface area contributed by atoms with E-state index < -0.39 is 0 Å². The van der Waals surface area contributed by atoms with E-state index in [1.54, 1.807) is 7.11 Å². The van der Waals surface area contributed by atoms with Gasteiger partial charge in [0.2, 0.25) is 11.0 Å². The molecule has 3 rings (SSSR count). The second kappa shape index (κ2) is 8.88. The van der Waals surface area contributed by atoms with Crippen molar-refractivity contribution < 1.29 is 9.53 Å². The molecule has 0 aliphatic rings. The number of hydrogen-bond acceptors (Lipinski definition) is 7. The van der Waals surface area contributed by atoms with E-state index in [9.17, 15) is 4.79 Å². The SMILES string of the molecule is COc1ccccc1Nc1nnc(S[C@@H](C)C(=O)Nc2cccc(C)c2)s1. The number of anilines is 3. The van der Waals surface area contributed by atoms with Gasteiger partial charge in [-0.25, -0.2) is 0 Å². The van der Waals surface area contributed by atoms with Crippen molar-refractivity contribution in [2.45, 2.75) is 23.4 Å². The minimum absolute atomic E-state index is 0.0694. The third kappa shape index (κ3) is 5.21. The number of carbonyl (C=O) groups is 1. The summed E-state index contributed by atoms with van der Waals surface area (Å²) >= 11 is 2.77. The first-order valence-corrected chi connectivity index (χ1v) is 10.0. The normalized spacial score (nSPS) is 11.7. The van der Waals surface area contributed by atoms with Crippen molar-refractivity contribution in [3.05, 3.63) is 54.1 Å². The molecule has 0 aliphatic carbocycles. The molecule has 2 aromatic carbocycles. The molecule has 27 heavy (non-hydrogen) atoms. The summed E-state index contributed by atoms with van der Waals surface area (Å²) in [7, 11) is 1.62. The van der Waals surface area contributed by atoms with Crippen LogP contribution in [-0.4, -0.2) is 28.5 Å². The quantitative estimate of drug-likeness (QED) is 0.559. The molecular formula is C19H20N4O2S2. The minimum atomic E-state index is -0.294. The Kier molecular flexibility index (Phi) is 6.31. The number of methoxy groups -OCH3 is 1. The van der Waals surface area contributed by atoms with Crippen molar-refractivity contribution >= 4 is 45.5 Å². The fourth-order valence-electron chi connectivity index (χ4n) is 2.34. The van der Waals surface area contributed by atoms with Crippen molar-refractivity contribution in [3.8, 4) is 5.75 Å². The van der Waals surface area contributed by atoms with Crippen LogP contribution < -0.4 is 15.4 Å². The van der Waals surface area contributed by atoms with Crippen LogP contribution >= 0.6 is 23.1 Å². The largest absolute Gasteiger partial charge is 0.495 e. The average Bonchev–Trinajstić information content (AvgIpc) is 3.09. The highest BCUT2D eigenvalue weighted by Crippen LogP contribution is 2.33. The molecule has 0 saturated carbocycles. The Morgan fingerprint density at radius 1 is 1.19 bits per heavy atom. The molecule has 1 atom stereocenters. The number of nitrogens with one attached hydrogen (secondary N) is 2. The molecule has 0 spiro atoms. The molecule has 0 radical (unpaired) electrons. The monoisotopic (exact) mass is 400 g/mol. The van der Waals surface area contributed by atoms with Gasteiger partial charge < -0.3 is 15.4 Å². The summed E-state index contributed by atoms with van der Waals surface area (Å²) in [6, 6.07) is 15.3. The first-order valence-electron chi connectivity index (χ1n) is 8.33. The zero-order valence-electron chi connectivity index (χ0n) is 15.2. The first kappa shape index (κ1) is 19.2. The van der Waals surface area contributed by atoms with Gasteiger partial charge in [0.1, 0.15) is 5.75 Å². The lowest BCUT2D eigenvalue weighted by atomic mass is 10.2. The molecule has 140 valence electrons. The third-order valence-corrected chi connectivity index (χ3v) is 5.71. The van der Waals surface area contributed by atoms with Gasteiger partial charge in [-0.15, -0.1) is 10.2 Å². The fourth-order valence-corrected chi connectivity index (χ4v) is 4.25. The van der Waals surface area contributed by atoms with Crippen molar-refractivity contribution in [1.82, 2.24) is 10.2 Å². The molecule has 1 heterocycles. The van der Waals surface area contributed by atoms with Crippen molar-refractivity contribution in [2.24, 2.45) is 0 Å².